The van der Waals surface area contributed by atoms with Gasteiger partial charge in [-0.05, 0) is 43.5 Å². The van der Waals surface area contributed by atoms with E-state index >= 15 is 0 Å². The second kappa shape index (κ2) is 5.68. The highest BCUT2D eigenvalue weighted by molar-refractivity contribution is 5.47. The van der Waals surface area contributed by atoms with Crippen molar-refractivity contribution in [2.24, 2.45) is 0 Å². The predicted octanol–water partition coefficient (Wildman–Crippen LogP) is 2.59. The van der Waals surface area contributed by atoms with E-state index in [9.17, 15) is 0 Å². The van der Waals surface area contributed by atoms with Crippen LogP contribution >= 0.6 is 0 Å². The van der Waals surface area contributed by atoms with E-state index in [2.05, 4.69) is 32.0 Å². The van der Waals surface area contributed by atoms with Gasteiger partial charge in [0.15, 0.2) is 0 Å². The molecule has 5 heteroatoms. The van der Waals surface area contributed by atoms with Crippen LogP contribution in [-0.2, 0) is 0 Å². The Morgan fingerprint density at radius 2 is 2.00 bits per heavy atom. The van der Waals surface area contributed by atoms with Gasteiger partial charge in [0.2, 0.25) is 0 Å². The van der Waals surface area contributed by atoms with Crippen LogP contribution in [0, 0.1) is 6.92 Å². The van der Waals surface area contributed by atoms with Gasteiger partial charge in [0.25, 0.3) is 0 Å². The molecule has 1 aliphatic rings. The molecule has 0 N–H and O–H groups in total. The van der Waals surface area contributed by atoms with Crippen LogP contribution in [0.3, 0.4) is 0 Å². The zero-order valence-electron chi connectivity index (χ0n) is 12.8. The standard InChI is InChI=1S/C16H21N5/c1-12-17-9-7-15(19-12)21-10-4-5-14(21)13-6-8-18-16(11-13)20(2)3/h6-9,11,14H,4-5,10H2,1-3H3. The molecule has 1 saturated heterocycles. The minimum Gasteiger partial charge on any atom is -0.363 e. The van der Waals surface area contributed by atoms with Crippen molar-refractivity contribution < 1.29 is 0 Å². The zero-order chi connectivity index (χ0) is 14.8. The number of hydrogen-bond donors (Lipinski definition) is 0. The molecular formula is C16H21N5. The Labute approximate surface area is 125 Å². The van der Waals surface area contributed by atoms with Crippen molar-refractivity contribution in [1.82, 2.24) is 15.0 Å². The quantitative estimate of drug-likeness (QED) is 0.866. The van der Waals surface area contributed by atoms with Gasteiger partial charge in [0.05, 0.1) is 6.04 Å². The fourth-order valence-corrected chi connectivity index (χ4v) is 2.88. The number of anilines is 2. The molecular weight excluding hydrogens is 262 g/mol. The van der Waals surface area contributed by atoms with Gasteiger partial charge >= 0.3 is 0 Å². The van der Waals surface area contributed by atoms with Crippen molar-refractivity contribution in [3.8, 4) is 0 Å². The van der Waals surface area contributed by atoms with Gasteiger partial charge in [-0.1, -0.05) is 0 Å². The third-order valence-corrected chi connectivity index (χ3v) is 3.92. The molecule has 0 saturated carbocycles. The van der Waals surface area contributed by atoms with E-state index in [1.807, 2.05) is 44.4 Å². The molecule has 3 heterocycles. The molecule has 21 heavy (non-hydrogen) atoms. The van der Waals surface area contributed by atoms with E-state index in [4.69, 9.17) is 0 Å². The maximum absolute atomic E-state index is 4.58. The van der Waals surface area contributed by atoms with E-state index in [1.54, 1.807) is 0 Å². The molecule has 5 nitrogen and oxygen atoms in total. The van der Waals surface area contributed by atoms with Gasteiger partial charge in [-0.3, -0.25) is 0 Å². The first kappa shape index (κ1) is 13.8. The maximum atomic E-state index is 4.58. The molecule has 1 aliphatic heterocycles. The minimum atomic E-state index is 0.376. The first-order valence-electron chi connectivity index (χ1n) is 7.35. The largest absolute Gasteiger partial charge is 0.363 e. The summed E-state index contributed by atoms with van der Waals surface area (Å²) in [5.74, 6) is 2.84. The third-order valence-electron chi connectivity index (χ3n) is 3.92. The van der Waals surface area contributed by atoms with Crippen molar-refractivity contribution >= 4 is 11.6 Å². The lowest BCUT2D eigenvalue weighted by Crippen LogP contribution is -2.24. The summed E-state index contributed by atoms with van der Waals surface area (Å²) in [6.45, 7) is 2.98. The number of aromatic nitrogens is 3. The van der Waals surface area contributed by atoms with Gasteiger partial charge in [0, 0.05) is 33.0 Å². The third kappa shape index (κ3) is 2.82. The van der Waals surface area contributed by atoms with Gasteiger partial charge < -0.3 is 9.80 Å². The Kier molecular flexibility index (Phi) is 3.73. The highest BCUT2D eigenvalue weighted by Gasteiger charge is 2.27. The van der Waals surface area contributed by atoms with Crippen LogP contribution in [0.4, 0.5) is 11.6 Å². The SMILES string of the molecule is Cc1nccc(N2CCCC2c2ccnc(N(C)C)c2)n1. The molecule has 1 unspecified atom stereocenters. The van der Waals surface area contributed by atoms with E-state index in [1.165, 1.54) is 12.0 Å². The number of pyridine rings is 1. The van der Waals surface area contributed by atoms with E-state index in [-0.39, 0.29) is 0 Å². The van der Waals surface area contributed by atoms with Crippen molar-refractivity contribution in [2.45, 2.75) is 25.8 Å². The average molecular weight is 283 g/mol. The first-order valence-corrected chi connectivity index (χ1v) is 7.35. The average Bonchev–Trinajstić information content (AvgIpc) is 2.97. The Morgan fingerprint density at radius 1 is 1.19 bits per heavy atom. The molecule has 0 amide bonds. The highest BCUT2D eigenvalue weighted by atomic mass is 15.2. The molecule has 0 aliphatic carbocycles. The summed E-state index contributed by atoms with van der Waals surface area (Å²) in [7, 11) is 4.04. The van der Waals surface area contributed by atoms with Crippen LogP contribution in [0.1, 0.15) is 30.3 Å². The summed E-state index contributed by atoms with van der Waals surface area (Å²) in [5, 5.41) is 0. The monoisotopic (exact) mass is 283 g/mol. The number of rotatable bonds is 3. The number of aryl methyl sites for hydroxylation is 1. The first-order chi connectivity index (χ1) is 10.1. The molecule has 3 rings (SSSR count). The molecule has 0 radical (unpaired) electrons. The zero-order valence-corrected chi connectivity index (χ0v) is 12.8. The summed E-state index contributed by atoms with van der Waals surface area (Å²) < 4.78 is 0. The maximum Gasteiger partial charge on any atom is 0.132 e. The normalized spacial score (nSPS) is 18.0. The Morgan fingerprint density at radius 3 is 2.76 bits per heavy atom. The lowest BCUT2D eigenvalue weighted by molar-refractivity contribution is 0.707. The fraction of sp³-hybridized carbons (Fsp3) is 0.438. The van der Waals surface area contributed by atoms with Crippen LogP contribution in [0.15, 0.2) is 30.6 Å². The van der Waals surface area contributed by atoms with Crippen LogP contribution < -0.4 is 9.80 Å². The molecule has 2 aromatic heterocycles. The lowest BCUT2D eigenvalue weighted by atomic mass is 10.1. The number of nitrogens with zero attached hydrogens (tertiary/aromatic N) is 5. The smallest absolute Gasteiger partial charge is 0.132 e. The molecule has 1 fully saturated rings. The van der Waals surface area contributed by atoms with Crippen molar-refractivity contribution in [3.63, 3.8) is 0 Å². The lowest BCUT2D eigenvalue weighted by Gasteiger charge is -2.26. The van der Waals surface area contributed by atoms with Crippen molar-refractivity contribution in [1.29, 1.82) is 0 Å². The Bertz CT molecular complexity index is 626. The summed E-state index contributed by atoms with van der Waals surface area (Å²) in [5.41, 5.74) is 1.31. The second-order valence-electron chi connectivity index (χ2n) is 5.66. The van der Waals surface area contributed by atoms with Crippen molar-refractivity contribution in [3.05, 3.63) is 42.0 Å². The van der Waals surface area contributed by atoms with Crippen LogP contribution in [0.25, 0.3) is 0 Å². The summed E-state index contributed by atoms with van der Waals surface area (Å²) in [6.07, 6.45) is 6.07. The molecule has 110 valence electrons. The van der Waals surface area contributed by atoms with Gasteiger partial charge in [-0.2, -0.15) is 0 Å². The molecule has 0 spiro atoms. The van der Waals surface area contributed by atoms with E-state index < -0.39 is 0 Å². The van der Waals surface area contributed by atoms with Gasteiger partial charge in [-0.25, -0.2) is 15.0 Å². The van der Waals surface area contributed by atoms with Crippen LogP contribution in [0.2, 0.25) is 0 Å². The van der Waals surface area contributed by atoms with E-state index in [0.29, 0.717) is 6.04 Å². The Hall–Kier alpha value is -2.17. The highest BCUT2D eigenvalue weighted by Crippen LogP contribution is 2.35. The minimum absolute atomic E-state index is 0.376. The number of hydrogen-bond acceptors (Lipinski definition) is 5. The van der Waals surface area contributed by atoms with Gasteiger partial charge in [0.1, 0.15) is 17.5 Å². The summed E-state index contributed by atoms with van der Waals surface area (Å²) in [4.78, 5) is 17.6. The Balaban J connectivity index is 1.92. The summed E-state index contributed by atoms with van der Waals surface area (Å²) in [6, 6.07) is 6.67. The van der Waals surface area contributed by atoms with E-state index in [0.717, 1.165) is 30.4 Å². The van der Waals surface area contributed by atoms with Crippen LogP contribution in [-0.4, -0.2) is 35.6 Å². The fourth-order valence-electron chi connectivity index (χ4n) is 2.88. The van der Waals surface area contributed by atoms with Crippen molar-refractivity contribution in [2.75, 3.05) is 30.4 Å². The molecule has 1 atom stereocenters. The summed E-state index contributed by atoms with van der Waals surface area (Å²) >= 11 is 0. The molecule has 2 aromatic rings. The molecule has 0 bridgehead atoms. The predicted molar refractivity (Wildman–Crippen MR) is 84.7 cm³/mol. The second-order valence-corrected chi connectivity index (χ2v) is 5.66. The topological polar surface area (TPSA) is 45.2 Å². The van der Waals surface area contributed by atoms with Crippen LogP contribution in [0.5, 0.6) is 0 Å². The molecule has 0 aromatic carbocycles. The van der Waals surface area contributed by atoms with Gasteiger partial charge in [-0.15, -0.1) is 0 Å².